The molecule has 4 nitrogen and oxygen atoms in total. The van der Waals surface area contributed by atoms with E-state index in [1.165, 1.54) is 5.56 Å². The molecule has 1 aromatic heterocycles. The van der Waals surface area contributed by atoms with Gasteiger partial charge in [-0.25, -0.2) is 4.98 Å². The highest BCUT2D eigenvalue weighted by Crippen LogP contribution is 2.10. The molecule has 0 saturated carbocycles. The van der Waals surface area contributed by atoms with Gasteiger partial charge in [-0.05, 0) is 17.2 Å². The van der Waals surface area contributed by atoms with Crippen LogP contribution >= 0.6 is 0 Å². The number of aliphatic hydroxyl groups excluding tert-OH is 1. The first-order chi connectivity index (χ1) is 9.28. The zero-order valence-corrected chi connectivity index (χ0v) is 10.9. The second-order valence-corrected chi connectivity index (χ2v) is 4.51. The fourth-order valence-electron chi connectivity index (χ4n) is 1.98. The molecule has 0 saturated heterocycles. The van der Waals surface area contributed by atoms with Gasteiger partial charge in [0, 0.05) is 25.8 Å². The molecule has 0 amide bonds. The van der Waals surface area contributed by atoms with Gasteiger partial charge in [0.25, 0.3) is 0 Å². The van der Waals surface area contributed by atoms with E-state index >= 15 is 0 Å². The molecule has 0 radical (unpaired) electrons. The number of benzene rings is 1. The van der Waals surface area contributed by atoms with Gasteiger partial charge in [-0.3, -0.25) is 4.90 Å². The van der Waals surface area contributed by atoms with Crippen molar-refractivity contribution in [3.63, 3.8) is 0 Å². The average Bonchev–Trinajstić information content (AvgIpc) is 2.43. The van der Waals surface area contributed by atoms with Crippen molar-refractivity contribution in [2.24, 2.45) is 0 Å². The number of aromatic nitrogens is 1. The summed E-state index contributed by atoms with van der Waals surface area (Å²) in [6.07, 6.45) is 1.78. The summed E-state index contributed by atoms with van der Waals surface area (Å²) in [5.74, 6) is 0.528. The van der Waals surface area contributed by atoms with Crippen molar-refractivity contribution in [2.45, 2.75) is 13.1 Å². The molecule has 0 bridgehead atoms. The third-order valence-corrected chi connectivity index (χ3v) is 2.92. The highest BCUT2D eigenvalue weighted by atomic mass is 16.3. The Hall–Kier alpha value is -1.91. The van der Waals surface area contributed by atoms with Crippen LogP contribution in [0.25, 0.3) is 0 Å². The van der Waals surface area contributed by atoms with E-state index in [1.807, 2.05) is 24.3 Å². The van der Waals surface area contributed by atoms with Crippen LogP contribution in [-0.2, 0) is 13.1 Å². The van der Waals surface area contributed by atoms with E-state index in [0.717, 1.165) is 18.7 Å². The summed E-state index contributed by atoms with van der Waals surface area (Å²) in [6.45, 7) is 2.35. The lowest BCUT2D eigenvalue weighted by atomic mass is 10.2. The Morgan fingerprint density at radius 1 is 1.00 bits per heavy atom. The molecule has 1 aromatic carbocycles. The number of nitrogens with zero attached hydrogens (tertiary/aromatic N) is 2. The van der Waals surface area contributed by atoms with Crippen molar-refractivity contribution in [3.8, 4) is 0 Å². The third kappa shape index (κ3) is 4.35. The number of nitrogens with two attached hydrogens (primary N) is 1. The molecular weight excluding hydrogens is 238 g/mol. The monoisotopic (exact) mass is 257 g/mol. The molecule has 0 fully saturated rings. The summed E-state index contributed by atoms with van der Waals surface area (Å²) in [4.78, 5) is 6.27. The molecule has 0 spiro atoms. The Labute approximate surface area is 113 Å². The molecule has 1 heterocycles. The zero-order valence-electron chi connectivity index (χ0n) is 10.9. The number of pyridine rings is 1. The number of hydrogen-bond acceptors (Lipinski definition) is 4. The Morgan fingerprint density at radius 3 is 2.37 bits per heavy atom. The van der Waals surface area contributed by atoms with Crippen molar-refractivity contribution in [1.29, 1.82) is 0 Å². The topological polar surface area (TPSA) is 62.4 Å². The van der Waals surface area contributed by atoms with Crippen LogP contribution in [0.1, 0.15) is 11.1 Å². The Bertz CT molecular complexity index is 485. The van der Waals surface area contributed by atoms with Gasteiger partial charge in [0.1, 0.15) is 5.82 Å². The Balaban J connectivity index is 2.01. The minimum Gasteiger partial charge on any atom is -0.395 e. The van der Waals surface area contributed by atoms with E-state index in [2.05, 4.69) is 22.0 Å². The van der Waals surface area contributed by atoms with E-state index in [0.29, 0.717) is 12.4 Å². The van der Waals surface area contributed by atoms with Crippen LogP contribution in [0, 0.1) is 0 Å². The second-order valence-electron chi connectivity index (χ2n) is 4.51. The second kappa shape index (κ2) is 6.87. The number of aliphatic hydroxyl groups is 1. The van der Waals surface area contributed by atoms with Crippen LogP contribution in [-0.4, -0.2) is 28.1 Å². The van der Waals surface area contributed by atoms with Gasteiger partial charge in [-0.15, -0.1) is 0 Å². The van der Waals surface area contributed by atoms with Crippen LogP contribution in [0.3, 0.4) is 0 Å². The predicted molar refractivity (Wildman–Crippen MR) is 76.3 cm³/mol. The molecule has 2 rings (SSSR count). The SMILES string of the molecule is Nc1ccc(CN(CCO)Cc2ccccc2)cn1. The van der Waals surface area contributed by atoms with Crippen LogP contribution < -0.4 is 5.73 Å². The summed E-state index contributed by atoms with van der Waals surface area (Å²) >= 11 is 0. The highest BCUT2D eigenvalue weighted by molar-refractivity contribution is 5.29. The third-order valence-electron chi connectivity index (χ3n) is 2.92. The fraction of sp³-hybridized carbons (Fsp3) is 0.267. The first kappa shape index (κ1) is 13.5. The lowest BCUT2D eigenvalue weighted by molar-refractivity contribution is 0.184. The van der Waals surface area contributed by atoms with Gasteiger partial charge in [-0.1, -0.05) is 36.4 Å². The van der Waals surface area contributed by atoms with E-state index in [-0.39, 0.29) is 6.61 Å². The van der Waals surface area contributed by atoms with Gasteiger partial charge < -0.3 is 10.8 Å². The van der Waals surface area contributed by atoms with E-state index in [4.69, 9.17) is 10.8 Å². The smallest absolute Gasteiger partial charge is 0.123 e. The van der Waals surface area contributed by atoms with E-state index < -0.39 is 0 Å². The first-order valence-corrected chi connectivity index (χ1v) is 6.35. The molecule has 19 heavy (non-hydrogen) atoms. The van der Waals surface area contributed by atoms with Crippen LogP contribution in [0.5, 0.6) is 0 Å². The molecule has 0 aliphatic rings. The van der Waals surface area contributed by atoms with Gasteiger partial charge in [0.05, 0.1) is 6.61 Å². The van der Waals surface area contributed by atoms with Gasteiger partial charge in [0.2, 0.25) is 0 Å². The lowest BCUT2D eigenvalue weighted by Crippen LogP contribution is -2.26. The molecule has 0 aliphatic heterocycles. The Kier molecular flexibility index (Phi) is 4.89. The van der Waals surface area contributed by atoms with Crippen molar-refractivity contribution in [3.05, 3.63) is 59.8 Å². The highest BCUT2D eigenvalue weighted by Gasteiger charge is 2.06. The predicted octanol–water partition coefficient (Wildman–Crippen LogP) is 1.66. The maximum Gasteiger partial charge on any atom is 0.123 e. The molecular formula is C15H19N3O. The maximum atomic E-state index is 9.16. The summed E-state index contributed by atoms with van der Waals surface area (Å²) in [5, 5.41) is 9.16. The van der Waals surface area contributed by atoms with E-state index in [1.54, 1.807) is 12.3 Å². The van der Waals surface area contributed by atoms with Crippen molar-refractivity contribution < 1.29 is 5.11 Å². The summed E-state index contributed by atoms with van der Waals surface area (Å²) in [5.41, 5.74) is 7.91. The lowest BCUT2D eigenvalue weighted by Gasteiger charge is -2.21. The van der Waals surface area contributed by atoms with Crippen LogP contribution in [0.2, 0.25) is 0 Å². The van der Waals surface area contributed by atoms with Crippen LogP contribution in [0.4, 0.5) is 5.82 Å². The maximum absolute atomic E-state index is 9.16. The first-order valence-electron chi connectivity index (χ1n) is 6.35. The van der Waals surface area contributed by atoms with E-state index in [9.17, 15) is 0 Å². The van der Waals surface area contributed by atoms with Gasteiger partial charge in [0.15, 0.2) is 0 Å². The normalized spacial score (nSPS) is 10.8. The largest absolute Gasteiger partial charge is 0.395 e. The molecule has 2 aromatic rings. The minimum atomic E-state index is 0.148. The Morgan fingerprint density at radius 2 is 1.74 bits per heavy atom. The molecule has 0 atom stereocenters. The number of nitrogen functional groups attached to an aromatic ring is 1. The minimum absolute atomic E-state index is 0.148. The molecule has 3 N–H and O–H groups in total. The summed E-state index contributed by atoms with van der Waals surface area (Å²) in [7, 11) is 0. The quantitative estimate of drug-likeness (QED) is 0.826. The molecule has 0 aliphatic carbocycles. The zero-order chi connectivity index (χ0) is 13.5. The molecule has 100 valence electrons. The standard InChI is InChI=1S/C15H19N3O/c16-15-7-6-14(10-17-15)12-18(8-9-19)11-13-4-2-1-3-5-13/h1-7,10,19H,8-9,11-12H2,(H2,16,17). The average molecular weight is 257 g/mol. The molecule has 0 unspecified atom stereocenters. The summed E-state index contributed by atoms with van der Waals surface area (Å²) < 4.78 is 0. The van der Waals surface area contributed by atoms with Crippen molar-refractivity contribution in [1.82, 2.24) is 9.88 Å². The van der Waals surface area contributed by atoms with Crippen molar-refractivity contribution in [2.75, 3.05) is 18.9 Å². The number of anilines is 1. The molecule has 4 heteroatoms. The van der Waals surface area contributed by atoms with Crippen LogP contribution in [0.15, 0.2) is 48.7 Å². The number of hydrogen-bond donors (Lipinski definition) is 2. The number of rotatable bonds is 6. The van der Waals surface area contributed by atoms with Gasteiger partial charge in [-0.2, -0.15) is 0 Å². The summed E-state index contributed by atoms with van der Waals surface area (Å²) in [6, 6.07) is 14.0. The van der Waals surface area contributed by atoms with Gasteiger partial charge >= 0.3 is 0 Å². The fourth-order valence-corrected chi connectivity index (χ4v) is 1.98. The van der Waals surface area contributed by atoms with Crippen molar-refractivity contribution >= 4 is 5.82 Å².